The van der Waals surface area contributed by atoms with Crippen LogP contribution in [0.4, 0.5) is 5.69 Å². The molecule has 3 unspecified atom stereocenters. The predicted octanol–water partition coefficient (Wildman–Crippen LogP) is 4.20. The summed E-state index contributed by atoms with van der Waals surface area (Å²) in [5, 5.41) is 10.3. The zero-order valence-corrected chi connectivity index (χ0v) is 16.5. The minimum atomic E-state index is -0.980. The molecule has 5 heteroatoms. The quantitative estimate of drug-likeness (QED) is 0.796. The highest BCUT2D eigenvalue weighted by atomic mass is 16.5. The zero-order chi connectivity index (χ0) is 20.8. The molecule has 0 bridgehead atoms. The van der Waals surface area contributed by atoms with E-state index in [1.807, 2.05) is 37.3 Å². The summed E-state index contributed by atoms with van der Waals surface area (Å²) >= 11 is 0. The van der Waals surface area contributed by atoms with E-state index in [-0.39, 0.29) is 17.6 Å². The molecule has 1 fully saturated rings. The van der Waals surface area contributed by atoms with Crippen LogP contribution in [0.2, 0.25) is 0 Å². The Balaban J connectivity index is 1.86. The van der Waals surface area contributed by atoms with Crippen LogP contribution in [0.3, 0.4) is 0 Å². The smallest absolute Gasteiger partial charge is 0.241 e. The Hall–Kier alpha value is -3.34. The van der Waals surface area contributed by atoms with Gasteiger partial charge in [-0.25, -0.2) is 4.90 Å². The van der Waals surface area contributed by atoms with Crippen LogP contribution in [0.15, 0.2) is 72.8 Å². The second-order valence-corrected chi connectivity index (χ2v) is 7.66. The van der Waals surface area contributed by atoms with Crippen LogP contribution in [0.5, 0.6) is 11.5 Å². The van der Waals surface area contributed by atoms with Crippen molar-refractivity contribution < 1.29 is 19.4 Å². The Morgan fingerprint density at radius 3 is 2.55 bits per heavy atom. The number of aromatic hydroxyl groups is 1. The monoisotopic (exact) mass is 389 g/mol. The van der Waals surface area contributed by atoms with Gasteiger partial charge in [-0.1, -0.05) is 43.0 Å². The van der Waals surface area contributed by atoms with Gasteiger partial charge >= 0.3 is 0 Å². The Morgan fingerprint density at radius 2 is 1.93 bits per heavy atom. The van der Waals surface area contributed by atoms with E-state index in [0.717, 1.165) is 11.1 Å². The molecule has 3 atom stereocenters. The maximum atomic E-state index is 13.7. The Morgan fingerprint density at radius 1 is 1.21 bits per heavy atom. The van der Waals surface area contributed by atoms with Crippen LogP contribution in [-0.2, 0) is 9.59 Å². The first-order chi connectivity index (χ1) is 13.9. The highest BCUT2D eigenvalue weighted by molar-refractivity contribution is 6.24. The maximum Gasteiger partial charge on any atom is 0.241 e. The summed E-state index contributed by atoms with van der Waals surface area (Å²) in [6.45, 7) is 5.77. The van der Waals surface area contributed by atoms with Crippen molar-refractivity contribution in [3.05, 3.63) is 78.4 Å². The van der Waals surface area contributed by atoms with E-state index in [2.05, 4.69) is 6.58 Å². The molecule has 2 aliphatic rings. The third-order valence-electron chi connectivity index (χ3n) is 6.21. The summed E-state index contributed by atoms with van der Waals surface area (Å²) in [5.74, 6) is -0.947. The normalized spacial score (nSPS) is 26.1. The van der Waals surface area contributed by atoms with Crippen LogP contribution in [0.1, 0.15) is 24.8 Å². The average molecular weight is 389 g/mol. The number of carbonyl (C=O) groups excluding carboxylic acids is 2. The molecule has 2 aromatic rings. The van der Waals surface area contributed by atoms with Crippen molar-refractivity contribution in [3.8, 4) is 11.5 Å². The van der Waals surface area contributed by atoms with Gasteiger partial charge in [-0.3, -0.25) is 9.59 Å². The number of hydrogen-bond acceptors (Lipinski definition) is 4. The summed E-state index contributed by atoms with van der Waals surface area (Å²) in [6.07, 6.45) is 4.19. The van der Waals surface area contributed by atoms with Gasteiger partial charge in [0.05, 0.1) is 24.1 Å². The molecule has 2 aromatic carbocycles. The molecule has 0 aromatic heterocycles. The number of carbonyl (C=O) groups is 2. The highest BCUT2D eigenvalue weighted by Crippen LogP contribution is 2.57. The lowest BCUT2D eigenvalue weighted by atomic mass is 9.60. The number of fused-ring (bicyclic) bond motifs is 1. The molecule has 5 nitrogen and oxygen atoms in total. The lowest BCUT2D eigenvalue weighted by molar-refractivity contribution is -0.127. The number of benzene rings is 2. The number of amides is 2. The maximum absolute atomic E-state index is 13.7. The number of para-hydroxylation sites is 1. The van der Waals surface area contributed by atoms with Gasteiger partial charge in [0, 0.05) is 5.92 Å². The third kappa shape index (κ3) is 2.69. The minimum Gasteiger partial charge on any atom is -0.504 e. The SMILES string of the molecule is C=CC1=CCC2C(=O)N(c3ccccc3)C(=O)C2(C)C1c1ccc(OC)c(O)c1. The van der Waals surface area contributed by atoms with Gasteiger partial charge in [0.1, 0.15) is 0 Å². The van der Waals surface area contributed by atoms with Gasteiger partial charge in [0.25, 0.3) is 0 Å². The number of phenolic OH excluding ortho intramolecular Hbond substituents is 1. The number of methoxy groups -OCH3 is 1. The fourth-order valence-corrected chi connectivity index (χ4v) is 4.74. The number of ether oxygens (including phenoxy) is 1. The summed E-state index contributed by atoms with van der Waals surface area (Å²) in [5.41, 5.74) is 1.23. The molecule has 1 aliphatic heterocycles. The number of rotatable bonds is 4. The molecule has 1 saturated heterocycles. The average Bonchev–Trinajstić information content (AvgIpc) is 2.93. The van der Waals surface area contributed by atoms with Crippen LogP contribution < -0.4 is 9.64 Å². The van der Waals surface area contributed by atoms with Crippen molar-refractivity contribution in [2.45, 2.75) is 19.3 Å². The summed E-state index contributed by atoms with van der Waals surface area (Å²) in [7, 11) is 1.48. The minimum absolute atomic E-state index is 0.00387. The molecule has 0 radical (unpaired) electrons. The first-order valence-electron chi connectivity index (χ1n) is 9.56. The summed E-state index contributed by atoms with van der Waals surface area (Å²) in [4.78, 5) is 28.3. The highest BCUT2D eigenvalue weighted by Gasteiger charge is 2.62. The zero-order valence-electron chi connectivity index (χ0n) is 16.5. The molecule has 4 rings (SSSR count). The fraction of sp³-hybridized carbons (Fsp3) is 0.250. The Bertz CT molecular complexity index is 1030. The van der Waals surface area contributed by atoms with Crippen molar-refractivity contribution in [1.82, 2.24) is 0 Å². The first kappa shape index (κ1) is 19.0. The van der Waals surface area contributed by atoms with E-state index >= 15 is 0 Å². The molecule has 0 spiro atoms. The van der Waals surface area contributed by atoms with Gasteiger partial charge in [-0.15, -0.1) is 0 Å². The lowest BCUT2D eigenvalue weighted by Crippen LogP contribution is -2.41. The van der Waals surface area contributed by atoms with Gasteiger partial charge in [-0.2, -0.15) is 0 Å². The Kier molecular flexibility index (Phi) is 4.53. The van der Waals surface area contributed by atoms with Crippen LogP contribution >= 0.6 is 0 Å². The van der Waals surface area contributed by atoms with Gasteiger partial charge in [0.2, 0.25) is 11.8 Å². The summed E-state index contributed by atoms with van der Waals surface area (Å²) < 4.78 is 5.15. The van der Waals surface area contributed by atoms with Crippen LogP contribution in [0, 0.1) is 11.3 Å². The molecule has 148 valence electrons. The molecule has 1 N–H and O–H groups in total. The van der Waals surface area contributed by atoms with E-state index in [4.69, 9.17) is 4.74 Å². The van der Waals surface area contributed by atoms with Crippen LogP contribution in [-0.4, -0.2) is 24.0 Å². The van der Waals surface area contributed by atoms with E-state index in [1.165, 1.54) is 12.0 Å². The number of anilines is 1. The van der Waals surface area contributed by atoms with Crippen molar-refractivity contribution in [1.29, 1.82) is 0 Å². The van der Waals surface area contributed by atoms with E-state index in [0.29, 0.717) is 17.9 Å². The number of hydrogen-bond donors (Lipinski definition) is 1. The largest absolute Gasteiger partial charge is 0.504 e. The second kappa shape index (κ2) is 6.92. The van der Waals surface area contributed by atoms with E-state index in [9.17, 15) is 14.7 Å². The molecule has 0 saturated carbocycles. The van der Waals surface area contributed by atoms with Crippen LogP contribution in [0.25, 0.3) is 0 Å². The number of allylic oxidation sites excluding steroid dienone is 3. The predicted molar refractivity (Wildman–Crippen MR) is 111 cm³/mol. The third-order valence-corrected chi connectivity index (χ3v) is 6.21. The van der Waals surface area contributed by atoms with Crippen molar-refractivity contribution in [2.75, 3.05) is 12.0 Å². The van der Waals surface area contributed by atoms with Crippen molar-refractivity contribution in [2.24, 2.45) is 11.3 Å². The molecule has 2 amide bonds. The molecule has 29 heavy (non-hydrogen) atoms. The fourth-order valence-electron chi connectivity index (χ4n) is 4.74. The summed E-state index contributed by atoms with van der Waals surface area (Å²) in [6, 6.07) is 14.1. The molecule has 1 aliphatic carbocycles. The van der Waals surface area contributed by atoms with Crippen molar-refractivity contribution >= 4 is 17.5 Å². The van der Waals surface area contributed by atoms with Gasteiger partial charge in [0.15, 0.2) is 11.5 Å². The second-order valence-electron chi connectivity index (χ2n) is 7.66. The van der Waals surface area contributed by atoms with Gasteiger partial charge in [-0.05, 0) is 48.7 Å². The first-order valence-corrected chi connectivity index (χ1v) is 9.56. The standard InChI is InChI=1S/C24H23NO4/c1-4-15-10-12-18-22(27)25(17-8-6-5-7-9-17)23(28)24(18,2)21(15)16-11-13-20(29-3)19(26)14-16/h4-11,13-14,18,21,26H,1,12H2,2-3H3. The van der Waals surface area contributed by atoms with Gasteiger partial charge < -0.3 is 9.84 Å². The van der Waals surface area contributed by atoms with E-state index < -0.39 is 17.3 Å². The molecule has 1 heterocycles. The lowest BCUT2D eigenvalue weighted by Gasteiger charge is -2.40. The Labute approximate surface area is 169 Å². The number of imide groups is 1. The topological polar surface area (TPSA) is 66.8 Å². The van der Waals surface area contributed by atoms with E-state index in [1.54, 1.807) is 30.3 Å². The molecular formula is C24H23NO4. The molecular weight excluding hydrogens is 366 g/mol. The number of phenols is 1. The number of nitrogens with zero attached hydrogens (tertiary/aromatic N) is 1. The van der Waals surface area contributed by atoms with Crippen molar-refractivity contribution in [3.63, 3.8) is 0 Å².